The van der Waals surface area contributed by atoms with Crippen LogP contribution in [0.2, 0.25) is 10.0 Å². The third-order valence-electron chi connectivity index (χ3n) is 4.49. The molecule has 1 aromatic carbocycles. The minimum absolute atomic E-state index is 0.0535. The second kappa shape index (κ2) is 12.2. The molecule has 1 fully saturated rings. The Balaban J connectivity index is 2.38. The van der Waals surface area contributed by atoms with Gasteiger partial charge in [-0.15, -0.1) is 0 Å². The van der Waals surface area contributed by atoms with Crippen molar-refractivity contribution in [3.05, 3.63) is 33.8 Å². The zero-order chi connectivity index (χ0) is 24.7. The van der Waals surface area contributed by atoms with Crippen LogP contribution >= 0.6 is 23.2 Å². The second-order valence-electron chi connectivity index (χ2n) is 7.27. The van der Waals surface area contributed by atoms with Crippen molar-refractivity contribution in [3.8, 4) is 0 Å². The van der Waals surface area contributed by atoms with Crippen LogP contribution in [0.3, 0.4) is 0 Å². The third-order valence-corrected chi connectivity index (χ3v) is 5.08. The Labute approximate surface area is 200 Å². The van der Waals surface area contributed by atoms with E-state index in [1.165, 1.54) is 19.9 Å². The molecule has 0 spiro atoms. The molecule has 10 nitrogen and oxygen atoms in total. The number of ether oxygens (including phenoxy) is 5. The van der Waals surface area contributed by atoms with Crippen LogP contribution < -0.4 is 5.32 Å². The maximum Gasteiger partial charge on any atom is 0.303 e. The van der Waals surface area contributed by atoms with Crippen LogP contribution in [0.1, 0.15) is 33.3 Å². The van der Waals surface area contributed by atoms with Gasteiger partial charge >= 0.3 is 17.9 Å². The van der Waals surface area contributed by atoms with E-state index in [2.05, 4.69) is 5.32 Å². The van der Waals surface area contributed by atoms with E-state index in [9.17, 15) is 19.2 Å². The van der Waals surface area contributed by atoms with Crippen LogP contribution in [0.25, 0.3) is 0 Å². The monoisotopic (exact) mass is 505 g/mol. The van der Waals surface area contributed by atoms with Gasteiger partial charge in [0, 0.05) is 37.7 Å². The molecule has 0 saturated carbocycles. The third kappa shape index (κ3) is 8.15. The summed E-state index contributed by atoms with van der Waals surface area (Å²) < 4.78 is 27.5. The first-order chi connectivity index (χ1) is 15.5. The molecule has 0 radical (unpaired) electrons. The van der Waals surface area contributed by atoms with Crippen molar-refractivity contribution >= 4 is 47.0 Å². The molecule has 1 amide bonds. The molecule has 1 aliphatic heterocycles. The summed E-state index contributed by atoms with van der Waals surface area (Å²) in [5.74, 6) is -2.46. The molecular weight excluding hydrogens is 481 g/mol. The Bertz CT molecular complexity index is 894. The van der Waals surface area contributed by atoms with Crippen LogP contribution in [0.5, 0.6) is 0 Å². The number of benzene rings is 1. The molecule has 33 heavy (non-hydrogen) atoms. The highest BCUT2D eigenvalue weighted by Gasteiger charge is 2.51. The fourth-order valence-electron chi connectivity index (χ4n) is 3.24. The summed E-state index contributed by atoms with van der Waals surface area (Å²) in [4.78, 5) is 46.8. The fraction of sp³-hybridized carbons (Fsp3) is 0.524. The van der Waals surface area contributed by atoms with Gasteiger partial charge in [-0.2, -0.15) is 0 Å². The lowest BCUT2D eigenvalue weighted by atomic mass is 9.96. The smallest absolute Gasteiger partial charge is 0.303 e. The largest absolute Gasteiger partial charge is 0.463 e. The number of carbonyl (C=O) groups excluding carboxylic acids is 4. The number of hydrogen-bond acceptors (Lipinski definition) is 9. The highest BCUT2D eigenvalue weighted by molar-refractivity contribution is 6.35. The summed E-state index contributed by atoms with van der Waals surface area (Å²) in [5, 5.41) is 3.40. The molecule has 0 unspecified atom stereocenters. The first kappa shape index (κ1) is 26.8. The molecule has 2 rings (SSSR count). The lowest BCUT2D eigenvalue weighted by Gasteiger charge is -2.44. The summed E-state index contributed by atoms with van der Waals surface area (Å²) >= 11 is 12.1. The molecule has 1 aliphatic rings. The van der Waals surface area contributed by atoms with Gasteiger partial charge in [0.05, 0.1) is 6.61 Å². The molecule has 5 atom stereocenters. The second-order valence-corrected chi connectivity index (χ2v) is 8.11. The van der Waals surface area contributed by atoms with Crippen molar-refractivity contribution in [1.29, 1.82) is 0 Å². The van der Waals surface area contributed by atoms with Gasteiger partial charge in [-0.05, 0) is 17.7 Å². The maximum atomic E-state index is 11.9. The molecule has 0 aromatic heterocycles. The van der Waals surface area contributed by atoms with E-state index in [-0.39, 0.29) is 13.2 Å². The standard InChI is InChI=1S/C21H25Cl2NO9/c1-10(25)24-18-20(32-13(4)28)19(31-12(3)27)17(9-29-11(2)26)33-21(18)30-8-14-5-6-15(22)7-16(14)23/h5-7,17-21H,8-9H2,1-4H3,(H,24,25)/t17-,18+,19+,20-,21-/m0/s1. The van der Waals surface area contributed by atoms with Gasteiger partial charge in [0.2, 0.25) is 5.91 Å². The Morgan fingerprint density at radius 3 is 2.15 bits per heavy atom. The van der Waals surface area contributed by atoms with E-state index < -0.39 is 54.5 Å². The van der Waals surface area contributed by atoms with Gasteiger partial charge in [-0.1, -0.05) is 29.3 Å². The molecule has 0 aliphatic carbocycles. The van der Waals surface area contributed by atoms with Gasteiger partial charge in [0.1, 0.15) is 18.8 Å². The van der Waals surface area contributed by atoms with E-state index in [0.29, 0.717) is 15.6 Å². The van der Waals surface area contributed by atoms with E-state index >= 15 is 0 Å². The number of nitrogens with one attached hydrogen (secondary N) is 1. The summed E-state index contributed by atoms with van der Waals surface area (Å²) in [6.07, 6.45) is -4.63. The predicted octanol–water partition coefficient (Wildman–Crippen LogP) is 2.17. The van der Waals surface area contributed by atoms with Gasteiger partial charge in [0.15, 0.2) is 18.5 Å². The molecule has 1 aromatic rings. The average Bonchev–Trinajstić information content (AvgIpc) is 2.68. The number of esters is 3. The highest BCUT2D eigenvalue weighted by atomic mass is 35.5. The van der Waals surface area contributed by atoms with Crippen molar-refractivity contribution in [2.24, 2.45) is 0 Å². The number of amides is 1. The van der Waals surface area contributed by atoms with Crippen LogP contribution in [-0.4, -0.2) is 61.1 Å². The number of hydrogen-bond donors (Lipinski definition) is 1. The lowest BCUT2D eigenvalue weighted by Crippen LogP contribution is -2.66. The van der Waals surface area contributed by atoms with E-state index in [0.717, 1.165) is 13.8 Å². The van der Waals surface area contributed by atoms with Gasteiger partial charge in [0.25, 0.3) is 0 Å². The highest BCUT2D eigenvalue weighted by Crippen LogP contribution is 2.29. The summed E-state index contributed by atoms with van der Waals surface area (Å²) in [5.41, 5.74) is 0.578. The van der Waals surface area contributed by atoms with E-state index in [1.54, 1.807) is 12.1 Å². The Hall–Kier alpha value is -2.40. The van der Waals surface area contributed by atoms with E-state index in [1.807, 2.05) is 0 Å². The van der Waals surface area contributed by atoms with Crippen molar-refractivity contribution < 1.29 is 42.9 Å². The van der Waals surface area contributed by atoms with Crippen molar-refractivity contribution in [2.45, 2.75) is 64.9 Å². The summed E-state index contributed by atoms with van der Waals surface area (Å²) in [7, 11) is 0. The van der Waals surface area contributed by atoms with Crippen molar-refractivity contribution in [1.82, 2.24) is 5.32 Å². The van der Waals surface area contributed by atoms with Gasteiger partial charge in [-0.25, -0.2) is 0 Å². The number of rotatable bonds is 8. The van der Waals surface area contributed by atoms with Crippen LogP contribution in [-0.2, 0) is 49.5 Å². The molecular formula is C21H25Cl2NO9. The van der Waals surface area contributed by atoms with Crippen LogP contribution in [0.15, 0.2) is 18.2 Å². The first-order valence-corrected chi connectivity index (χ1v) is 10.7. The van der Waals surface area contributed by atoms with Crippen molar-refractivity contribution in [3.63, 3.8) is 0 Å². The quantitative estimate of drug-likeness (QED) is 0.417. The lowest BCUT2D eigenvalue weighted by molar-refractivity contribution is -0.280. The van der Waals surface area contributed by atoms with Crippen LogP contribution in [0.4, 0.5) is 0 Å². The zero-order valence-corrected chi connectivity index (χ0v) is 20.0. The Morgan fingerprint density at radius 2 is 1.61 bits per heavy atom. The molecule has 1 N–H and O–H groups in total. The minimum Gasteiger partial charge on any atom is -0.463 e. The van der Waals surface area contributed by atoms with Crippen LogP contribution in [0, 0.1) is 0 Å². The maximum absolute atomic E-state index is 11.9. The topological polar surface area (TPSA) is 126 Å². The fourth-order valence-corrected chi connectivity index (χ4v) is 3.71. The average molecular weight is 506 g/mol. The summed E-state index contributed by atoms with van der Waals surface area (Å²) in [6, 6.07) is 3.76. The van der Waals surface area contributed by atoms with Gasteiger partial charge in [-0.3, -0.25) is 19.2 Å². The molecule has 182 valence electrons. The number of halogens is 2. The number of carbonyl (C=O) groups is 4. The Morgan fingerprint density at radius 1 is 0.970 bits per heavy atom. The zero-order valence-electron chi connectivity index (χ0n) is 18.5. The molecule has 0 bridgehead atoms. The Kier molecular flexibility index (Phi) is 9.90. The summed E-state index contributed by atoms with van der Waals surface area (Å²) in [6.45, 7) is 4.40. The molecule has 1 heterocycles. The SMILES string of the molecule is CC(=O)N[C@H]1[C@@H](OCc2ccc(Cl)cc2Cl)O[C@@H](COC(C)=O)[C@@H](OC(C)=O)[C@H]1OC(C)=O. The predicted molar refractivity (Wildman–Crippen MR) is 115 cm³/mol. The normalized spacial score (nSPS) is 24.5. The van der Waals surface area contributed by atoms with E-state index in [4.69, 9.17) is 46.9 Å². The van der Waals surface area contributed by atoms with Crippen molar-refractivity contribution in [2.75, 3.05) is 6.61 Å². The minimum atomic E-state index is -1.20. The molecule has 1 saturated heterocycles. The van der Waals surface area contributed by atoms with Gasteiger partial charge < -0.3 is 29.0 Å². The molecule has 12 heteroatoms. The first-order valence-electron chi connectivity index (χ1n) is 9.93.